The molecule has 2 unspecified atom stereocenters. The Balaban J connectivity index is 1.43. The third-order valence-corrected chi connectivity index (χ3v) is 7.54. The molecule has 2 N–H and O–H groups in total. The highest BCUT2D eigenvalue weighted by Gasteiger charge is 2.38. The van der Waals surface area contributed by atoms with Crippen molar-refractivity contribution in [2.24, 2.45) is 0 Å². The van der Waals surface area contributed by atoms with Gasteiger partial charge in [-0.05, 0) is 63.5 Å². The van der Waals surface area contributed by atoms with E-state index in [1.807, 2.05) is 39.9 Å². The van der Waals surface area contributed by atoms with Crippen LogP contribution in [-0.4, -0.2) is 76.5 Å². The van der Waals surface area contributed by atoms with Crippen molar-refractivity contribution in [2.45, 2.75) is 58.0 Å². The SMILES string of the molecule is CC(=O)CCn1cnc(-c2ccc(CC(CNC(=O)CN3CCC3)NC(=O)c3ccc(OC(C)C(F)(F)F)c(Cl)c3)cc2)c1. The molecule has 0 saturated carbocycles. The van der Waals surface area contributed by atoms with Crippen molar-refractivity contribution >= 4 is 29.2 Å². The Hall–Kier alpha value is -3.90. The number of hydrogen-bond donors (Lipinski definition) is 2. The number of halogens is 4. The number of ether oxygens (including phenoxy) is 1. The minimum atomic E-state index is -4.57. The Bertz CT molecular complexity index is 1460. The second kappa shape index (κ2) is 14.7. The summed E-state index contributed by atoms with van der Waals surface area (Å²) in [5, 5.41) is 5.67. The van der Waals surface area contributed by atoms with Crippen LogP contribution in [0, 0.1) is 0 Å². The van der Waals surface area contributed by atoms with Crippen molar-refractivity contribution < 1.29 is 32.3 Å². The van der Waals surface area contributed by atoms with Gasteiger partial charge in [-0.1, -0.05) is 35.9 Å². The fraction of sp³-hybridized carbons (Fsp3) is 0.419. The minimum absolute atomic E-state index is 0.104. The van der Waals surface area contributed by atoms with Crippen LogP contribution in [0.15, 0.2) is 55.0 Å². The number of likely N-dealkylation sites (tertiary alicyclic amines) is 1. The summed E-state index contributed by atoms with van der Waals surface area (Å²) in [6.07, 6.45) is -1.20. The lowest BCUT2D eigenvalue weighted by atomic mass is 10.0. The average Bonchev–Trinajstić information content (AvgIpc) is 3.42. The molecule has 1 fully saturated rings. The predicted octanol–water partition coefficient (Wildman–Crippen LogP) is 4.68. The van der Waals surface area contributed by atoms with Crippen molar-refractivity contribution in [3.8, 4) is 17.0 Å². The van der Waals surface area contributed by atoms with Crippen molar-refractivity contribution in [3.63, 3.8) is 0 Å². The highest BCUT2D eigenvalue weighted by atomic mass is 35.5. The first kappa shape index (κ1) is 33.0. The second-order valence-corrected chi connectivity index (χ2v) is 11.3. The lowest BCUT2D eigenvalue weighted by Gasteiger charge is -2.30. The van der Waals surface area contributed by atoms with Crippen LogP contribution in [0.4, 0.5) is 13.2 Å². The lowest BCUT2D eigenvalue weighted by Crippen LogP contribution is -2.49. The molecule has 0 spiro atoms. The number of carbonyl (C=O) groups is 3. The van der Waals surface area contributed by atoms with Crippen molar-refractivity contribution in [3.05, 3.63) is 71.1 Å². The third-order valence-electron chi connectivity index (χ3n) is 7.24. The Morgan fingerprint density at radius 1 is 1.11 bits per heavy atom. The number of nitrogens with one attached hydrogen (secondary N) is 2. The largest absolute Gasteiger partial charge is 0.480 e. The van der Waals surface area contributed by atoms with Gasteiger partial charge in [-0.25, -0.2) is 4.98 Å². The van der Waals surface area contributed by atoms with E-state index in [1.54, 1.807) is 13.3 Å². The second-order valence-electron chi connectivity index (χ2n) is 10.9. The number of aryl methyl sites for hydroxylation is 1. The smallest absolute Gasteiger partial charge is 0.425 e. The summed E-state index contributed by atoms with van der Waals surface area (Å²) in [5.41, 5.74) is 2.68. The monoisotopic (exact) mass is 633 g/mol. The van der Waals surface area contributed by atoms with Crippen LogP contribution in [0.5, 0.6) is 5.75 Å². The van der Waals surface area contributed by atoms with Crippen molar-refractivity contribution in [1.82, 2.24) is 25.1 Å². The molecule has 3 aromatic rings. The van der Waals surface area contributed by atoms with Crippen LogP contribution >= 0.6 is 11.6 Å². The average molecular weight is 634 g/mol. The highest BCUT2D eigenvalue weighted by Crippen LogP contribution is 2.30. The Labute approximate surface area is 258 Å². The molecular formula is C31H35ClF3N5O4. The topological polar surface area (TPSA) is 106 Å². The van der Waals surface area contributed by atoms with E-state index >= 15 is 0 Å². The number of ketones is 1. The third kappa shape index (κ3) is 9.55. The van der Waals surface area contributed by atoms with Crippen LogP contribution in [0.3, 0.4) is 0 Å². The fourth-order valence-corrected chi connectivity index (χ4v) is 4.71. The minimum Gasteiger partial charge on any atom is -0.480 e. The van der Waals surface area contributed by atoms with Gasteiger partial charge in [0.15, 0.2) is 6.10 Å². The van der Waals surface area contributed by atoms with Gasteiger partial charge < -0.3 is 19.9 Å². The van der Waals surface area contributed by atoms with E-state index in [4.69, 9.17) is 16.3 Å². The fourth-order valence-electron chi connectivity index (χ4n) is 4.49. The lowest BCUT2D eigenvalue weighted by molar-refractivity contribution is -0.189. The molecule has 236 valence electrons. The van der Waals surface area contributed by atoms with Gasteiger partial charge in [0.2, 0.25) is 5.91 Å². The summed E-state index contributed by atoms with van der Waals surface area (Å²) >= 11 is 6.15. The number of carbonyl (C=O) groups excluding carboxylic acids is 3. The van der Waals surface area contributed by atoms with E-state index in [2.05, 4.69) is 15.6 Å². The number of nitrogens with zero attached hydrogens (tertiary/aromatic N) is 3. The molecule has 13 heteroatoms. The number of alkyl halides is 3. The van der Waals surface area contributed by atoms with Crippen LogP contribution in [0.2, 0.25) is 5.02 Å². The first-order valence-electron chi connectivity index (χ1n) is 14.3. The Morgan fingerprint density at radius 3 is 2.45 bits per heavy atom. The van der Waals surface area contributed by atoms with Crippen LogP contribution in [-0.2, 0) is 22.6 Å². The zero-order chi connectivity index (χ0) is 31.9. The molecule has 1 saturated heterocycles. The highest BCUT2D eigenvalue weighted by molar-refractivity contribution is 6.32. The molecule has 2 heterocycles. The Morgan fingerprint density at radius 2 is 1.84 bits per heavy atom. The number of rotatable bonds is 14. The quantitative estimate of drug-likeness (QED) is 0.267. The molecule has 2 aromatic carbocycles. The maximum Gasteiger partial charge on any atom is 0.425 e. The van der Waals surface area contributed by atoms with Gasteiger partial charge in [0.1, 0.15) is 11.5 Å². The summed E-state index contributed by atoms with van der Waals surface area (Å²) in [4.78, 5) is 43.4. The van der Waals surface area contributed by atoms with Gasteiger partial charge >= 0.3 is 6.18 Å². The number of amides is 2. The van der Waals surface area contributed by atoms with E-state index in [0.29, 0.717) is 19.4 Å². The maximum absolute atomic E-state index is 13.2. The molecule has 0 bridgehead atoms. The molecule has 9 nitrogen and oxygen atoms in total. The van der Waals surface area contributed by atoms with Crippen LogP contribution < -0.4 is 15.4 Å². The predicted molar refractivity (Wildman–Crippen MR) is 160 cm³/mol. The molecule has 1 aromatic heterocycles. The zero-order valence-corrected chi connectivity index (χ0v) is 25.3. The van der Waals surface area contributed by atoms with Crippen molar-refractivity contribution in [2.75, 3.05) is 26.2 Å². The standard InChI is InChI=1S/C31H35ClF3N5O4/c1-20(41)10-13-40-17-27(37-19-40)23-6-4-22(5-7-23)14-25(16-36-29(42)18-39-11-3-12-39)38-30(43)24-8-9-28(26(32)15-24)44-21(2)31(33,34)35/h4-9,15,17,19,21,25H,3,10-14,16,18H2,1-2H3,(H,36,42)(H,38,43). The summed E-state index contributed by atoms with van der Waals surface area (Å²) in [5.74, 6) is -0.737. The zero-order valence-electron chi connectivity index (χ0n) is 24.5. The van der Waals surface area contributed by atoms with Gasteiger partial charge in [-0.3, -0.25) is 19.3 Å². The molecule has 44 heavy (non-hydrogen) atoms. The summed E-state index contributed by atoms with van der Waals surface area (Å²) < 4.78 is 45.5. The maximum atomic E-state index is 13.2. The van der Waals surface area contributed by atoms with E-state index in [0.717, 1.165) is 43.3 Å². The molecule has 2 amide bonds. The number of hydrogen-bond acceptors (Lipinski definition) is 6. The molecule has 2 atom stereocenters. The van der Waals surface area contributed by atoms with Gasteiger partial charge in [0, 0.05) is 36.8 Å². The summed E-state index contributed by atoms with van der Waals surface area (Å²) in [6.45, 7) is 5.16. The van der Waals surface area contributed by atoms with Gasteiger partial charge in [-0.2, -0.15) is 13.2 Å². The van der Waals surface area contributed by atoms with Gasteiger partial charge in [-0.15, -0.1) is 0 Å². The van der Waals surface area contributed by atoms with Gasteiger partial charge in [0.25, 0.3) is 5.91 Å². The first-order valence-corrected chi connectivity index (χ1v) is 14.7. The number of imidazole rings is 1. The number of aromatic nitrogens is 2. The molecule has 0 aliphatic carbocycles. The number of Topliss-reactive ketones (excluding diaryl/α,β-unsaturated/α-hetero) is 1. The molecule has 1 aliphatic rings. The Kier molecular flexibility index (Phi) is 11.0. The summed E-state index contributed by atoms with van der Waals surface area (Å²) in [6, 6.07) is 11.0. The molecule has 4 rings (SSSR count). The van der Waals surface area contributed by atoms with Gasteiger partial charge in [0.05, 0.1) is 29.6 Å². The van der Waals surface area contributed by atoms with Crippen LogP contribution in [0.1, 0.15) is 42.6 Å². The molecular weight excluding hydrogens is 599 g/mol. The molecule has 0 radical (unpaired) electrons. The van der Waals surface area contributed by atoms with E-state index in [-0.39, 0.29) is 41.1 Å². The van der Waals surface area contributed by atoms with Crippen LogP contribution in [0.25, 0.3) is 11.3 Å². The first-order chi connectivity index (χ1) is 20.9. The van der Waals surface area contributed by atoms with Crippen molar-refractivity contribution in [1.29, 1.82) is 0 Å². The van der Waals surface area contributed by atoms with E-state index < -0.39 is 24.2 Å². The number of benzene rings is 2. The summed E-state index contributed by atoms with van der Waals surface area (Å²) in [7, 11) is 0. The molecule has 1 aliphatic heterocycles. The van der Waals surface area contributed by atoms with E-state index in [1.165, 1.54) is 18.2 Å². The van der Waals surface area contributed by atoms with E-state index in [9.17, 15) is 27.6 Å². The normalized spacial score (nSPS) is 14.8.